The minimum atomic E-state index is 0.159. The van der Waals surface area contributed by atoms with Gasteiger partial charge in [-0.05, 0) is 39.4 Å². The second-order valence-corrected chi connectivity index (χ2v) is 3.52. The van der Waals surface area contributed by atoms with Gasteiger partial charge in [-0.15, -0.1) is 0 Å². The second kappa shape index (κ2) is 5.55. The first-order valence-electron chi connectivity index (χ1n) is 5.14. The van der Waals surface area contributed by atoms with Crippen molar-refractivity contribution >= 4 is 0 Å². The van der Waals surface area contributed by atoms with E-state index in [4.69, 9.17) is 5.73 Å². The molecule has 2 nitrogen and oxygen atoms in total. The fourth-order valence-corrected chi connectivity index (χ4v) is 1.42. The Bertz CT molecular complexity index is 104. The molecule has 1 saturated heterocycles. The van der Waals surface area contributed by atoms with Crippen LogP contribution in [0.2, 0.25) is 0 Å². The Morgan fingerprint density at radius 3 is 2.00 bits per heavy atom. The summed E-state index contributed by atoms with van der Waals surface area (Å²) >= 11 is 0. The molecule has 0 amide bonds. The molecule has 74 valence electrons. The van der Waals surface area contributed by atoms with Crippen molar-refractivity contribution in [2.24, 2.45) is 5.73 Å². The zero-order chi connectivity index (χ0) is 9.61. The Hall–Kier alpha value is -0.0800. The van der Waals surface area contributed by atoms with Crippen LogP contribution >= 0.6 is 0 Å². The average molecular weight is 172 g/mol. The quantitative estimate of drug-likeness (QED) is 0.654. The lowest BCUT2D eigenvalue weighted by atomic mass is 9.86. The Morgan fingerprint density at radius 1 is 1.25 bits per heavy atom. The van der Waals surface area contributed by atoms with E-state index in [9.17, 15) is 0 Å². The van der Waals surface area contributed by atoms with Crippen molar-refractivity contribution in [1.29, 1.82) is 0 Å². The molecule has 12 heavy (non-hydrogen) atoms. The van der Waals surface area contributed by atoms with Crippen molar-refractivity contribution in [3.05, 3.63) is 0 Å². The zero-order valence-electron chi connectivity index (χ0n) is 9.06. The lowest BCUT2D eigenvalue weighted by Gasteiger charge is -2.36. The maximum Gasteiger partial charge on any atom is 0.0176 e. The molecular weight excluding hydrogens is 148 g/mol. The van der Waals surface area contributed by atoms with E-state index in [1.54, 1.807) is 0 Å². The first kappa shape index (κ1) is 11.9. The molecule has 2 N–H and O–H groups in total. The van der Waals surface area contributed by atoms with E-state index in [0.29, 0.717) is 0 Å². The van der Waals surface area contributed by atoms with Gasteiger partial charge in [0.15, 0.2) is 0 Å². The van der Waals surface area contributed by atoms with Gasteiger partial charge in [0.25, 0.3) is 0 Å². The number of hydrogen-bond acceptors (Lipinski definition) is 2. The van der Waals surface area contributed by atoms with Crippen LogP contribution in [0.15, 0.2) is 0 Å². The van der Waals surface area contributed by atoms with Crippen LogP contribution in [0.25, 0.3) is 0 Å². The summed E-state index contributed by atoms with van der Waals surface area (Å²) < 4.78 is 0. The molecule has 0 aromatic carbocycles. The van der Waals surface area contributed by atoms with Crippen LogP contribution in [0.3, 0.4) is 0 Å². The Kier molecular flexibility index (Phi) is 5.51. The summed E-state index contributed by atoms with van der Waals surface area (Å²) in [6.07, 6.45) is 3.46. The predicted octanol–water partition coefficient (Wildman–Crippen LogP) is 1.85. The summed E-state index contributed by atoms with van der Waals surface area (Å²) in [5.74, 6) is 0. The third-order valence-electron chi connectivity index (χ3n) is 2.69. The van der Waals surface area contributed by atoms with Crippen molar-refractivity contribution in [1.82, 2.24) is 4.90 Å². The molecule has 0 aliphatic carbocycles. The van der Waals surface area contributed by atoms with Gasteiger partial charge in [-0.2, -0.15) is 0 Å². The minimum Gasteiger partial charge on any atom is -0.325 e. The average Bonchev–Trinajstić information content (AvgIpc) is 2.14. The molecule has 0 aromatic heterocycles. The number of nitrogens with two attached hydrogens (primary N) is 1. The summed E-state index contributed by atoms with van der Waals surface area (Å²) in [7, 11) is 2.16. The van der Waals surface area contributed by atoms with Crippen molar-refractivity contribution in [2.75, 3.05) is 20.1 Å². The predicted molar refractivity (Wildman–Crippen MR) is 55.3 cm³/mol. The highest BCUT2D eigenvalue weighted by Gasteiger charge is 2.26. The number of likely N-dealkylation sites (tertiary alicyclic amines) is 1. The Balaban J connectivity index is 0.000000561. The van der Waals surface area contributed by atoms with Crippen LogP contribution in [-0.4, -0.2) is 30.6 Å². The summed E-state index contributed by atoms with van der Waals surface area (Å²) in [5.41, 5.74) is 6.25. The van der Waals surface area contributed by atoms with E-state index < -0.39 is 0 Å². The van der Waals surface area contributed by atoms with Crippen molar-refractivity contribution < 1.29 is 0 Å². The van der Waals surface area contributed by atoms with Crippen LogP contribution in [0.5, 0.6) is 0 Å². The SMILES string of the molecule is CC.CCC1(N)CCN(C)CC1. The van der Waals surface area contributed by atoms with Gasteiger partial charge >= 0.3 is 0 Å². The molecule has 0 bridgehead atoms. The highest BCUT2D eigenvalue weighted by atomic mass is 15.1. The molecular formula is C10H24N2. The maximum atomic E-state index is 6.09. The summed E-state index contributed by atoms with van der Waals surface area (Å²) in [4.78, 5) is 2.35. The van der Waals surface area contributed by atoms with Gasteiger partial charge in [-0.3, -0.25) is 0 Å². The molecule has 1 heterocycles. The smallest absolute Gasteiger partial charge is 0.0176 e. The van der Waals surface area contributed by atoms with Gasteiger partial charge < -0.3 is 10.6 Å². The summed E-state index contributed by atoms with van der Waals surface area (Å²) in [6.45, 7) is 8.53. The van der Waals surface area contributed by atoms with Gasteiger partial charge in [0.1, 0.15) is 0 Å². The van der Waals surface area contributed by atoms with Crippen LogP contribution in [-0.2, 0) is 0 Å². The van der Waals surface area contributed by atoms with Gasteiger partial charge in [-0.1, -0.05) is 20.8 Å². The topological polar surface area (TPSA) is 29.3 Å². The van der Waals surface area contributed by atoms with Gasteiger partial charge in [0.2, 0.25) is 0 Å². The van der Waals surface area contributed by atoms with E-state index in [-0.39, 0.29) is 5.54 Å². The van der Waals surface area contributed by atoms with Gasteiger partial charge in [0, 0.05) is 5.54 Å². The molecule has 1 aliphatic heterocycles. The van der Waals surface area contributed by atoms with Crippen LogP contribution < -0.4 is 5.73 Å². The molecule has 1 rings (SSSR count). The first-order chi connectivity index (χ1) is 5.66. The number of piperidine rings is 1. The Labute approximate surface area is 77.1 Å². The highest BCUT2D eigenvalue weighted by molar-refractivity contribution is 4.87. The molecule has 1 fully saturated rings. The lowest BCUT2D eigenvalue weighted by Crippen LogP contribution is -2.48. The largest absolute Gasteiger partial charge is 0.325 e. The van der Waals surface area contributed by atoms with Crippen LogP contribution in [0.1, 0.15) is 40.0 Å². The van der Waals surface area contributed by atoms with Gasteiger partial charge in [0.05, 0.1) is 0 Å². The normalized spacial score (nSPS) is 22.8. The van der Waals surface area contributed by atoms with Crippen molar-refractivity contribution in [3.63, 3.8) is 0 Å². The molecule has 2 heteroatoms. The fraction of sp³-hybridized carbons (Fsp3) is 1.00. The van der Waals surface area contributed by atoms with E-state index in [1.165, 1.54) is 25.9 Å². The van der Waals surface area contributed by atoms with E-state index in [1.807, 2.05) is 13.8 Å². The molecule has 0 radical (unpaired) electrons. The molecule has 0 spiro atoms. The monoisotopic (exact) mass is 172 g/mol. The fourth-order valence-electron chi connectivity index (χ4n) is 1.42. The van der Waals surface area contributed by atoms with E-state index in [0.717, 1.165) is 6.42 Å². The zero-order valence-corrected chi connectivity index (χ0v) is 9.06. The van der Waals surface area contributed by atoms with Crippen molar-refractivity contribution in [2.45, 2.75) is 45.6 Å². The minimum absolute atomic E-state index is 0.159. The van der Waals surface area contributed by atoms with Crippen LogP contribution in [0, 0.1) is 0 Å². The third-order valence-corrected chi connectivity index (χ3v) is 2.69. The molecule has 0 aromatic rings. The highest BCUT2D eigenvalue weighted by Crippen LogP contribution is 2.21. The number of nitrogens with zero attached hydrogens (tertiary/aromatic N) is 1. The molecule has 1 aliphatic rings. The standard InChI is InChI=1S/C8H18N2.C2H6/c1-3-8(9)4-6-10(2)7-5-8;1-2/h3-7,9H2,1-2H3;1-2H3. The van der Waals surface area contributed by atoms with Crippen molar-refractivity contribution in [3.8, 4) is 0 Å². The van der Waals surface area contributed by atoms with E-state index in [2.05, 4.69) is 18.9 Å². The molecule has 0 unspecified atom stereocenters. The molecule has 0 saturated carbocycles. The van der Waals surface area contributed by atoms with Crippen LogP contribution in [0.4, 0.5) is 0 Å². The number of hydrogen-bond donors (Lipinski definition) is 1. The molecule has 0 atom stereocenters. The maximum absolute atomic E-state index is 6.09. The number of rotatable bonds is 1. The summed E-state index contributed by atoms with van der Waals surface area (Å²) in [5, 5.41) is 0. The third kappa shape index (κ3) is 3.55. The van der Waals surface area contributed by atoms with Gasteiger partial charge in [-0.25, -0.2) is 0 Å². The van der Waals surface area contributed by atoms with E-state index >= 15 is 0 Å². The first-order valence-corrected chi connectivity index (χ1v) is 5.14. The second-order valence-electron chi connectivity index (χ2n) is 3.52. The summed E-state index contributed by atoms with van der Waals surface area (Å²) in [6, 6.07) is 0. The Morgan fingerprint density at radius 2 is 1.67 bits per heavy atom. The lowest BCUT2D eigenvalue weighted by molar-refractivity contribution is 0.186.